The predicted molar refractivity (Wildman–Crippen MR) is 141 cm³/mol. The highest BCUT2D eigenvalue weighted by atomic mass is 16.6. The molecule has 3 aromatic rings. The number of nitrogens with one attached hydrogen (secondary N) is 2. The maximum atomic E-state index is 13.0. The summed E-state index contributed by atoms with van der Waals surface area (Å²) in [4.78, 5) is 46.5. The molecule has 3 aromatic carbocycles. The van der Waals surface area contributed by atoms with Crippen molar-refractivity contribution in [3.8, 4) is 11.5 Å². The first kappa shape index (κ1) is 28.0. The lowest BCUT2D eigenvalue weighted by molar-refractivity contribution is -0.394. The second kappa shape index (κ2) is 13.1. The van der Waals surface area contributed by atoms with Gasteiger partial charge in [-0.3, -0.25) is 29.8 Å². The van der Waals surface area contributed by atoms with Gasteiger partial charge in [0.05, 0.1) is 27.7 Å². The highest BCUT2D eigenvalue weighted by Crippen LogP contribution is 2.23. The van der Waals surface area contributed by atoms with Crippen molar-refractivity contribution in [2.75, 3.05) is 6.61 Å². The molecule has 0 saturated heterocycles. The zero-order valence-corrected chi connectivity index (χ0v) is 20.4. The number of amides is 2. The van der Waals surface area contributed by atoms with E-state index in [0.29, 0.717) is 23.5 Å². The van der Waals surface area contributed by atoms with Crippen LogP contribution in [0.25, 0.3) is 0 Å². The lowest BCUT2D eigenvalue weighted by Gasteiger charge is -2.17. The molecule has 0 aromatic heterocycles. The van der Waals surface area contributed by atoms with Crippen LogP contribution >= 0.6 is 0 Å². The SMILES string of the molecule is C=CCOc1ccc(/C=N/NC(=O)C(Cc2ccc(O)cc2)NC(=O)c2cc([N+](=O)[O-])cc([N+](=O)[O-])c2)cc1. The summed E-state index contributed by atoms with van der Waals surface area (Å²) >= 11 is 0. The number of rotatable bonds is 12. The molecular formula is C26H23N5O8. The zero-order chi connectivity index (χ0) is 28.4. The number of phenolic OH excluding ortho intramolecular Hbond substituents is 1. The Hall–Kier alpha value is -5.59. The molecule has 0 aliphatic heterocycles. The molecule has 0 radical (unpaired) electrons. The lowest BCUT2D eigenvalue weighted by atomic mass is 10.0. The molecule has 0 fully saturated rings. The molecule has 13 heteroatoms. The molecule has 2 amide bonds. The Morgan fingerprint density at radius 1 is 1.00 bits per heavy atom. The van der Waals surface area contributed by atoms with Crippen molar-refractivity contribution in [2.45, 2.75) is 12.5 Å². The average Bonchev–Trinajstić information content (AvgIpc) is 2.92. The van der Waals surface area contributed by atoms with E-state index >= 15 is 0 Å². The minimum Gasteiger partial charge on any atom is -0.508 e. The van der Waals surface area contributed by atoms with Crippen LogP contribution in [0.4, 0.5) is 11.4 Å². The number of aromatic hydroxyl groups is 1. The van der Waals surface area contributed by atoms with Crippen molar-refractivity contribution in [3.63, 3.8) is 0 Å². The predicted octanol–water partition coefficient (Wildman–Crippen LogP) is 3.26. The summed E-state index contributed by atoms with van der Waals surface area (Å²) in [7, 11) is 0. The van der Waals surface area contributed by atoms with Gasteiger partial charge in [0.1, 0.15) is 24.1 Å². The van der Waals surface area contributed by atoms with Crippen molar-refractivity contribution in [1.82, 2.24) is 10.7 Å². The first-order chi connectivity index (χ1) is 18.7. The Labute approximate surface area is 221 Å². The minimum atomic E-state index is -1.23. The normalized spacial score (nSPS) is 11.4. The number of hydrazone groups is 1. The smallest absolute Gasteiger partial charge is 0.277 e. The minimum absolute atomic E-state index is 0.00166. The van der Waals surface area contributed by atoms with Crippen LogP contribution in [0.5, 0.6) is 11.5 Å². The summed E-state index contributed by atoms with van der Waals surface area (Å²) in [6.07, 6.45) is 2.94. The standard InChI is InChI=1S/C26H23N5O8/c1-2-11-39-23-9-5-18(6-10-23)16-27-29-26(34)24(12-17-3-7-22(32)8-4-17)28-25(33)19-13-20(30(35)36)15-21(14-19)31(37)38/h2-10,13-16,24,32H,1,11-12H2,(H,28,33)(H,29,34)/b27-16+. The molecule has 0 heterocycles. The quantitative estimate of drug-likeness (QED) is 0.137. The van der Waals surface area contributed by atoms with Gasteiger partial charge in [-0.05, 0) is 47.5 Å². The van der Waals surface area contributed by atoms with Gasteiger partial charge in [-0.25, -0.2) is 5.43 Å². The highest BCUT2D eigenvalue weighted by Gasteiger charge is 2.25. The van der Waals surface area contributed by atoms with E-state index in [1.807, 2.05) is 0 Å². The first-order valence-electron chi connectivity index (χ1n) is 11.4. The van der Waals surface area contributed by atoms with Gasteiger partial charge in [0.25, 0.3) is 23.2 Å². The molecule has 0 aliphatic rings. The Bertz CT molecular complexity index is 1370. The molecule has 0 spiro atoms. The highest BCUT2D eigenvalue weighted by molar-refractivity contribution is 5.98. The van der Waals surface area contributed by atoms with Gasteiger partial charge >= 0.3 is 0 Å². The van der Waals surface area contributed by atoms with Crippen LogP contribution in [0.1, 0.15) is 21.5 Å². The van der Waals surface area contributed by atoms with Crippen LogP contribution in [0.2, 0.25) is 0 Å². The van der Waals surface area contributed by atoms with Crippen LogP contribution in [0, 0.1) is 20.2 Å². The summed E-state index contributed by atoms with van der Waals surface area (Å²) in [5.41, 5.74) is 1.86. The number of hydrogen-bond acceptors (Lipinski definition) is 9. The molecule has 13 nitrogen and oxygen atoms in total. The van der Waals surface area contributed by atoms with Gasteiger partial charge in [0, 0.05) is 18.6 Å². The summed E-state index contributed by atoms with van der Waals surface area (Å²) in [5, 5.41) is 38.3. The van der Waals surface area contributed by atoms with Crippen LogP contribution in [0.15, 0.2) is 84.5 Å². The maximum absolute atomic E-state index is 13.0. The van der Waals surface area contributed by atoms with E-state index in [-0.39, 0.29) is 17.7 Å². The Morgan fingerprint density at radius 2 is 1.62 bits per heavy atom. The molecular weight excluding hydrogens is 510 g/mol. The Morgan fingerprint density at radius 3 is 2.18 bits per heavy atom. The third-order valence-electron chi connectivity index (χ3n) is 5.22. The van der Waals surface area contributed by atoms with Crippen molar-refractivity contribution in [3.05, 3.63) is 116 Å². The maximum Gasteiger partial charge on any atom is 0.277 e. The summed E-state index contributed by atoms with van der Waals surface area (Å²) < 4.78 is 5.40. The van der Waals surface area contributed by atoms with E-state index in [1.54, 1.807) is 42.5 Å². The summed E-state index contributed by atoms with van der Waals surface area (Å²) in [5.74, 6) is -1.05. The van der Waals surface area contributed by atoms with Gasteiger partial charge in [-0.2, -0.15) is 5.10 Å². The number of carbonyl (C=O) groups excluding carboxylic acids is 2. The number of hydrogen-bond donors (Lipinski definition) is 3. The molecule has 3 N–H and O–H groups in total. The van der Waals surface area contributed by atoms with Crippen LogP contribution in [0.3, 0.4) is 0 Å². The lowest BCUT2D eigenvalue weighted by Crippen LogP contribution is -2.46. The van der Waals surface area contributed by atoms with Crippen LogP contribution < -0.4 is 15.5 Å². The molecule has 0 bridgehead atoms. The monoisotopic (exact) mass is 533 g/mol. The third-order valence-corrected chi connectivity index (χ3v) is 5.22. The Kier molecular flexibility index (Phi) is 9.40. The van der Waals surface area contributed by atoms with Gasteiger partial charge in [0.15, 0.2) is 0 Å². The van der Waals surface area contributed by atoms with E-state index in [0.717, 1.165) is 18.2 Å². The van der Waals surface area contributed by atoms with E-state index < -0.39 is 39.1 Å². The van der Waals surface area contributed by atoms with Crippen molar-refractivity contribution in [1.29, 1.82) is 0 Å². The van der Waals surface area contributed by atoms with Gasteiger partial charge in [0.2, 0.25) is 0 Å². The fourth-order valence-electron chi connectivity index (χ4n) is 3.31. The average molecular weight is 533 g/mol. The second-order valence-corrected chi connectivity index (χ2v) is 8.05. The number of phenols is 1. The number of ether oxygens (including phenoxy) is 1. The van der Waals surface area contributed by atoms with Crippen molar-refractivity contribution in [2.24, 2.45) is 5.10 Å². The largest absolute Gasteiger partial charge is 0.508 e. The first-order valence-corrected chi connectivity index (χ1v) is 11.4. The van der Waals surface area contributed by atoms with Crippen molar-refractivity contribution >= 4 is 29.4 Å². The zero-order valence-electron chi connectivity index (χ0n) is 20.4. The molecule has 1 unspecified atom stereocenters. The number of nitro groups is 2. The molecule has 1 atom stereocenters. The fraction of sp³-hybridized carbons (Fsp3) is 0.115. The number of benzene rings is 3. The molecule has 3 rings (SSSR count). The van der Waals surface area contributed by atoms with E-state index in [1.165, 1.54) is 18.3 Å². The van der Waals surface area contributed by atoms with Crippen LogP contribution in [-0.2, 0) is 11.2 Å². The van der Waals surface area contributed by atoms with Crippen LogP contribution in [-0.4, -0.2) is 45.6 Å². The number of nitrogens with zero attached hydrogens (tertiary/aromatic N) is 3. The van der Waals surface area contributed by atoms with E-state index in [9.17, 15) is 34.9 Å². The fourth-order valence-corrected chi connectivity index (χ4v) is 3.31. The molecule has 0 saturated carbocycles. The summed E-state index contributed by atoms with van der Waals surface area (Å²) in [6.45, 7) is 3.92. The number of nitro benzene ring substituents is 2. The third kappa shape index (κ3) is 8.21. The van der Waals surface area contributed by atoms with Gasteiger partial charge in [-0.15, -0.1) is 0 Å². The number of non-ortho nitro benzene ring substituents is 2. The molecule has 0 aliphatic carbocycles. The summed E-state index contributed by atoms with van der Waals surface area (Å²) in [6, 6.07) is 14.0. The Balaban J connectivity index is 1.79. The van der Waals surface area contributed by atoms with Gasteiger partial charge in [-0.1, -0.05) is 24.8 Å². The van der Waals surface area contributed by atoms with Crippen molar-refractivity contribution < 1.29 is 29.3 Å². The number of carbonyl (C=O) groups is 2. The van der Waals surface area contributed by atoms with E-state index in [2.05, 4.69) is 22.4 Å². The second-order valence-electron chi connectivity index (χ2n) is 8.05. The van der Waals surface area contributed by atoms with Gasteiger partial charge < -0.3 is 15.2 Å². The topological polar surface area (TPSA) is 186 Å². The molecule has 39 heavy (non-hydrogen) atoms. The molecule has 200 valence electrons. The van der Waals surface area contributed by atoms with E-state index in [4.69, 9.17) is 4.74 Å².